The molecule has 24 heavy (non-hydrogen) atoms. The van der Waals surface area contributed by atoms with Gasteiger partial charge >= 0.3 is 0 Å². The summed E-state index contributed by atoms with van der Waals surface area (Å²) >= 11 is 0. The topological polar surface area (TPSA) is 54.6 Å². The van der Waals surface area contributed by atoms with Crippen molar-refractivity contribution in [1.82, 2.24) is 15.0 Å². The second kappa shape index (κ2) is 6.91. The van der Waals surface area contributed by atoms with Crippen LogP contribution in [0.2, 0.25) is 0 Å². The Kier molecular flexibility index (Phi) is 4.49. The van der Waals surface area contributed by atoms with Gasteiger partial charge in [0.1, 0.15) is 0 Å². The minimum absolute atomic E-state index is 0.537. The van der Waals surface area contributed by atoms with E-state index in [4.69, 9.17) is 9.26 Å². The Labute approximate surface area is 142 Å². The van der Waals surface area contributed by atoms with Crippen molar-refractivity contribution in [3.05, 3.63) is 41.5 Å². The average Bonchev–Trinajstić information content (AvgIpc) is 3.36. The standard InChI is InChI=1S/C18H24N4O2/c1-21(13-17-19-18(20-24-17)14-6-7-14)12-15-4-2-3-5-16(15)22-8-10-23-11-9-22/h2-5,14H,6-13H2,1H3. The van der Waals surface area contributed by atoms with Gasteiger partial charge < -0.3 is 14.2 Å². The molecule has 0 unspecified atom stereocenters. The van der Waals surface area contributed by atoms with E-state index in [1.807, 2.05) is 0 Å². The molecule has 6 heteroatoms. The first-order valence-corrected chi connectivity index (χ1v) is 8.71. The molecule has 0 bridgehead atoms. The van der Waals surface area contributed by atoms with Crippen molar-refractivity contribution in [3.8, 4) is 0 Å². The number of rotatable bonds is 6. The van der Waals surface area contributed by atoms with E-state index in [1.165, 1.54) is 24.1 Å². The van der Waals surface area contributed by atoms with Crippen LogP contribution in [-0.2, 0) is 17.8 Å². The molecule has 6 nitrogen and oxygen atoms in total. The van der Waals surface area contributed by atoms with Gasteiger partial charge in [0.05, 0.1) is 19.8 Å². The molecule has 2 aromatic rings. The highest BCUT2D eigenvalue weighted by atomic mass is 16.5. The van der Waals surface area contributed by atoms with E-state index < -0.39 is 0 Å². The van der Waals surface area contributed by atoms with Gasteiger partial charge in [0.2, 0.25) is 5.89 Å². The Hall–Kier alpha value is -1.92. The van der Waals surface area contributed by atoms with E-state index in [-0.39, 0.29) is 0 Å². The summed E-state index contributed by atoms with van der Waals surface area (Å²) < 4.78 is 10.9. The summed E-state index contributed by atoms with van der Waals surface area (Å²) in [5.74, 6) is 2.13. The Bertz CT molecular complexity index is 677. The zero-order valence-electron chi connectivity index (χ0n) is 14.1. The maximum absolute atomic E-state index is 5.47. The lowest BCUT2D eigenvalue weighted by Crippen LogP contribution is -2.37. The smallest absolute Gasteiger partial charge is 0.240 e. The number of hydrogen-bond acceptors (Lipinski definition) is 6. The van der Waals surface area contributed by atoms with Crippen LogP contribution < -0.4 is 4.90 Å². The molecule has 0 atom stereocenters. The van der Waals surface area contributed by atoms with Crippen molar-refractivity contribution >= 4 is 5.69 Å². The first-order valence-electron chi connectivity index (χ1n) is 8.71. The minimum Gasteiger partial charge on any atom is -0.378 e. The Balaban J connectivity index is 1.41. The van der Waals surface area contributed by atoms with Crippen LogP contribution in [0.4, 0.5) is 5.69 Å². The summed E-state index contributed by atoms with van der Waals surface area (Å²) in [6.45, 7) is 5.04. The van der Waals surface area contributed by atoms with Gasteiger partial charge in [-0.3, -0.25) is 4.90 Å². The van der Waals surface area contributed by atoms with Gasteiger partial charge in [-0.15, -0.1) is 0 Å². The van der Waals surface area contributed by atoms with Gasteiger partial charge in [0.15, 0.2) is 5.82 Å². The largest absolute Gasteiger partial charge is 0.378 e. The lowest BCUT2D eigenvalue weighted by atomic mass is 10.1. The molecule has 1 saturated carbocycles. The number of morpholine rings is 1. The zero-order chi connectivity index (χ0) is 16.4. The highest BCUT2D eigenvalue weighted by Gasteiger charge is 2.28. The lowest BCUT2D eigenvalue weighted by molar-refractivity contribution is 0.122. The molecule has 2 aliphatic rings. The summed E-state index contributed by atoms with van der Waals surface area (Å²) in [5, 5.41) is 4.09. The predicted molar refractivity (Wildman–Crippen MR) is 90.9 cm³/mol. The van der Waals surface area contributed by atoms with Gasteiger partial charge in [-0.1, -0.05) is 23.4 Å². The molecular weight excluding hydrogens is 304 g/mol. The van der Waals surface area contributed by atoms with Crippen LogP contribution in [0, 0.1) is 0 Å². The second-order valence-electron chi connectivity index (χ2n) is 6.72. The molecule has 1 aliphatic carbocycles. The summed E-state index contributed by atoms with van der Waals surface area (Å²) in [5.41, 5.74) is 2.63. The van der Waals surface area contributed by atoms with Gasteiger partial charge in [-0.25, -0.2) is 0 Å². The van der Waals surface area contributed by atoms with E-state index in [0.717, 1.165) is 38.7 Å². The van der Waals surface area contributed by atoms with Gasteiger partial charge in [-0.2, -0.15) is 4.98 Å². The molecule has 128 valence electrons. The third-order valence-electron chi connectivity index (χ3n) is 4.62. The number of nitrogens with zero attached hydrogens (tertiary/aromatic N) is 4. The van der Waals surface area contributed by atoms with Crippen LogP contribution in [0.15, 0.2) is 28.8 Å². The number of anilines is 1. The summed E-state index contributed by atoms with van der Waals surface area (Å²) in [6, 6.07) is 8.61. The fourth-order valence-electron chi connectivity index (χ4n) is 3.17. The maximum Gasteiger partial charge on any atom is 0.240 e. The third-order valence-corrected chi connectivity index (χ3v) is 4.62. The molecule has 0 spiro atoms. The highest BCUT2D eigenvalue weighted by molar-refractivity contribution is 5.53. The monoisotopic (exact) mass is 328 g/mol. The van der Waals surface area contributed by atoms with Crippen molar-refractivity contribution in [2.45, 2.75) is 31.8 Å². The molecule has 1 aromatic carbocycles. The minimum atomic E-state index is 0.537. The number of aromatic nitrogens is 2. The summed E-state index contributed by atoms with van der Waals surface area (Å²) in [7, 11) is 2.09. The van der Waals surface area contributed by atoms with Crippen molar-refractivity contribution in [3.63, 3.8) is 0 Å². The maximum atomic E-state index is 5.47. The first-order chi connectivity index (χ1) is 11.8. The Morgan fingerprint density at radius 1 is 1.17 bits per heavy atom. The molecular formula is C18H24N4O2. The van der Waals surface area contributed by atoms with Crippen LogP contribution in [0.3, 0.4) is 0 Å². The second-order valence-corrected chi connectivity index (χ2v) is 6.72. The van der Waals surface area contributed by atoms with Crippen LogP contribution in [-0.4, -0.2) is 48.4 Å². The SMILES string of the molecule is CN(Cc1nc(C2CC2)no1)Cc1ccccc1N1CCOCC1. The van der Waals surface area contributed by atoms with Crippen LogP contribution in [0.1, 0.15) is 36.0 Å². The fraction of sp³-hybridized carbons (Fsp3) is 0.556. The number of para-hydroxylation sites is 1. The van der Waals surface area contributed by atoms with Crippen LogP contribution in [0.5, 0.6) is 0 Å². The highest BCUT2D eigenvalue weighted by Crippen LogP contribution is 2.38. The van der Waals surface area contributed by atoms with Gasteiger partial charge in [0, 0.05) is 31.2 Å². The molecule has 4 rings (SSSR count). The molecule has 1 saturated heterocycles. The quantitative estimate of drug-likeness (QED) is 0.812. The van der Waals surface area contributed by atoms with Gasteiger partial charge in [0.25, 0.3) is 0 Å². The van der Waals surface area contributed by atoms with E-state index in [2.05, 4.69) is 51.3 Å². The molecule has 1 aliphatic heterocycles. The average molecular weight is 328 g/mol. The van der Waals surface area contributed by atoms with Crippen molar-refractivity contribution < 1.29 is 9.26 Å². The fourth-order valence-corrected chi connectivity index (χ4v) is 3.17. The lowest BCUT2D eigenvalue weighted by Gasteiger charge is -2.31. The number of benzene rings is 1. The third kappa shape index (κ3) is 3.60. The molecule has 0 N–H and O–H groups in total. The van der Waals surface area contributed by atoms with E-state index >= 15 is 0 Å². The van der Waals surface area contributed by atoms with Crippen molar-refractivity contribution in [2.75, 3.05) is 38.3 Å². The van der Waals surface area contributed by atoms with Crippen molar-refractivity contribution in [1.29, 1.82) is 0 Å². The summed E-state index contributed by atoms with van der Waals surface area (Å²) in [4.78, 5) is 9.15. The van der Waals surface area contributed by atoms with Gasteiger partial charge in [-0.05, 0) is 31.5 Å². The van der Waals surface area contributed by atoms with Crippen molar-refractivity contribution in [2.24, 2.45) is 0 Å². The molecule has 0 radical (unpaired) electrons. The number of ether oxygens (including phenoxy) is 1. The van der Waals surface area contributed by atoms with E-state index in [1.54, 1.807) is 0 Å². The molecule has 1 aromatic heterocycles. The predicted octanol–water partition coefficient (Wildman–Crippen LogP) is 2.42. The summed E-state index contributed by atoms with van der Waals surface area (Å²) in [6.07, 6.45) is 2.39. The normalized spacial score (nSPS) is 18.3. The van der Waals surface area contributed by atoms with E-state index in [9.17, 15) is 0 Å². The zero-order valence-corrected chi connectivity index (χ0v) is 14.1. The molecule has 2 fully saturated rings. The Morgan fingerprint density at radius 2 is 1.96 bits per heavy atom. The number of hydrogen-bond donors (Lipinski definition) is 0. The molecule has 0 amide bonds. The van der Waals surface area contributed by atoms with Crippen LogP contribution in [0.25, 0.3) is 0 Å². The molecule has 2 heterocycles. The first kappa shape index (κ1) is 15.6. The van der Waals surface area contributed by atoms with E-state index in [0.29, 0.717) is 18.4 Å². The Morgan fingerprint density at radius 3 is 2.75 bits per heavy atom. The van der Waals surface area contributed by atoms with Crippen LogP contribution >= 0.6 is 0 Å².